The van der Waals surface area contributed by atoms with Crippen molar-refractivity contribution in [1.82, 2.24) is 15.3 Å². The van der Waals surface area contributed by atoms with E-state index >= 15 is 0 Å². The Morgan fingerprint density at radius 2 is 2.05 bits per heavy atom. The van der Waals surface area contributed by atoms with Crippen molar-refractivity contribution in [3.05, 3.63) is 11.9 Å². The maximum absolute atomic E-state index is 11.4. The highest BCUT2D eigenvalue weighted by molar-refractivity contribution is 5.75. The first kappa shape index (κ1) is 16.2. The first-order valence-corrected chi connectivity index (χ1v) is 7.06. The molecule has 0 saturated carbocycles. The summed E-state index contributed by atoms with van der Waals surface area (Å²) in [6, 6.07) is 1.89. The zero-order valence-electron chi connectivity index (χ0n) is 12.9. The standard InChI is InChI=1S/C14H25N5O/c1-5-6-7-14(20)16-9-8-15-12-10-13(19(3)4)18-11(2)17-12/h10H,5-9H2,1-4H3,(H,16,20)(H,15,17,18). The fourth-order valence-electron chi connectivity index (χ4n) is 1.69. The Morgan fingerprint density at radius 1 is 1.30 bits per heavy atom. The van der Waals surface area contributed by atoms with Gasteiger partial charge in [0.2, 0.25) is 5.91 Å². The number of anilines is 2. The molecule has 1 aromatic rings. The van der Waals surface area contributed by atoms with Crippen molar-refractivity contribution in [3.63, 3.8) is 0 Å². The van der Waals surface area contributed by atoms with E-state index in [0.29, 0.717) is 19.5 Å². The molecule has 1 rings (SSSR count). The molecule has 20 heavy (non-hydrogen) atoms. The Kier molecular flexibility index (Phi) is 6.76. The van der Waals surface area contributed by atoms with Gasteiger partial charge >= 0.3 is 0 Å². The molecule has 0 aromatic carbocycles. The summed E-state index contributed by atoms with van der Waals surface area (Å²) in [7, 11) is 3.89. The number of nitrogens with zero attached hydrogens (tertiary/aromatic N) is 3. The fraction of sp³-hybridized carbons (Fsp3) is 0.643. The predicted octanol–water partition coefficient (Wildman–Crippen LogP) is 1.57. The predicted molar refractivity (Wildman–Crippen MR) is 82.1 cm³/mol. The number of nitrogens with one attached hydrogen (secondary N) is 2. The monoisotopic (exact) mass is 279 g/mol. The average Bonchev–Trinajstić information content (AvgIpc) is 2.40. The molecule has 6 heteroatoms. The number of rotatable bonds is 8. The van der Waals surface area contributed by atoms with Crippen LogP contribution >= 0.6 is 0 Å². The number of carbonyl (C=O) groups excluding carboxylic acids is 1. The van der Waals surface area contributed by atoms with Crippen molar-refractivity contribution in [2.75, 3.05) is 37.4 Å². The normalized spacial score (nSPS) is 10.2. The quantitative estimate of drug-likeness (QED) is 0.707. The zero-order chi connectivity index (χ0) is 15.0. The molecule has 0 aliphatic carbocycles. The Morgan fingerprint density at radius 3 is 2.70 bits per heavy atom. The van der Waals surface area contributed by atoms with Gasteiger partial charge in [0.05, 0.1) is 0 Å². The van der Waals surface area contributed by atoms with Crippen molar-refractivity contribution in [1.29, 1.82) is 0 Å². The third-order valence-electron chi connectivity index (χ3n) is 2.79. The van der Waals surface area contributed by atoms with E-state index in [9.17, 15) is 4.79 Å². The highest BCUT2D eigenvalue weighted by Gasteiger charge is 2.03. The van der Waals surface area contributed by atoms with Crippen molar-refractivity contribution in [3.8, 4) is 0 Å². The lowest BCUT2D eigenvalue weighted by molar-refractivity contribution is -0.121. The molecule has 0 spiro atoms. The summed E-state index contributed by atoms with van der Waals surface area (Å²) in [4.78, 5) is 22.0. The van der Waals surface area contributed by atoms with Crippen LogP contribution in [0.15, 0.2) is 6.07 Å². The first-order chi connectivity index (χ1) is 9.52. The van der Waals surface area contributed by atoms with Crippen LogP contribution in [-0.4, -0.2) is 43.1 Å². The van der Waals surface area contributed by atoms with Gasteiger partial charge in [-0.2, -0.15) is 0 Å². The van der Waals surface area contributed by atoms with E-state index in [1.54, 1.807) is 0 Å². The molecular formula is C14H25N5O. The van der Waals surface area contributed by atoms with Crippen molar-refractivity contribution >= 4 is 17.5 Å². The lowest BCUT2D eigenvalue weighted by atomic mass is 10.2. The van der Waals surface area contributed by atoms with E-state index in [2.05, 4.69) is 27.5 Å². The summed E-state index contributed by atoms with van der Waals surface area (Å²) in [5.41, 5.74) is 0. The van der Waals surface area contributed by atoms with Crippen LogP contribution in [0.5, 0.6) is 0 Å². The maximum Gasteiger partial charge on any atom is 0.220 e. The molecule has 112 valence electrons. The molecular weight excluding hydrogens is 254 g/mol. The minimum absolute atomic E-state index is 0.112. The lowest BCUT2D eigenvalue weighted by Crippen LogP contribution is -2.28. The van der Waals surface area contributed by atoms with Gasteiger partial charge in [-0.3, -0.25) is 4.79 Å². The highest BCUT2D eigenvalue weighted by Crippen LogP contribution is 2.12. The van der Waals surface area contributed by atoms with Crippen LogP contribution in [0.25, 0.3) is 0 Å². The molecule has 0 aliphatic heterocycles. The molecule has 0 aliphatic rings. The Hall–Kier alpha value is -1.85. The lowest BCUT2D eigenvalue weighted by Gasteiger charge is -2.14. The van der Waals surface area contributed by atoms with Crippen molar-refractivity contribution in [2.45, 2.75) is 33.1 Å². The third-order valence-corrected chi connectivity index (χ3v) is 2.79. The molecule has 0 saturated heterocycles. The number of aryl methyl sites for hydroxylation is 1. The van der Waals surface area contributed by atoms with Crippen LogP contribution in [0.1, 0.15) is 32.0 Å². The van der Waals surface area contributed by atoms with E-state index in [-0.39, 0.29) is 5.91 Å². The van der Waals surface area contributed by atoms with Gasteiger partial charge in [0.25, 0.3) is 0 Å². The number of amides is 1. The van der Waals surface area contributed by atoms with Gasteiger partial charge in [0.1, 0.15) is 17.5 Å². The molecule has 2 N–H and O–H groups in total. The molecule has 6 nitrogen and oxygen atoms in total. The molecule has 1 amide bonds. The minimum Gasteiger partial charge on any atom is -0.368 e. The molecule has 0 atom stereocenters. The molecule has 0 radical (unpaired) electrons. The molecule has 1 aromatic heterocycles. The summed E-state index contributed by atoms with van der Waals surface area (Å²) in [5, 5.41) is 6.08. The van der Waals surface area contributed by atoms with Crippen LogP contribution < -0.4 is 15.5 Å². The largest absolute Gasteiger partial charge is 0.368 e. The summed E-state index contributed by atoms with van der Waals surface area (Å²) in [6.07, 6.45) is 2.59. The summed E-state index contributed by atoms with van der Waals surface area (Å²) < 4.78 is 0. The number of unbranched alkanes of at least 4 members (excludes halogenated alkanes) is 1. The van der Waals surface area contributed by atoms with E-state index in [1.807, 2.05) is 32.0 Å². The second-order valence-corrected chi connectivity index (χ2v) is 4.93. The van der Waals surface area contributed by atoms with Crippen LogP contribution in [0.4, 0.5) is 11.6 Å². The van der Waals surface area contributed by atoms with Gasteiger partial charge in [-0.25, -0.2) is 9.97 Å². The summed E-state index contributed by atoms with van der Waals surface area (Å²) in [6.45, 7) is 5.20. The molecule has 1 heterocycles. The van der Waals surface area contributed by atoms with Gasteiger partial charge in [0.15, 0.2) is 0 Å². The zero-order valence-corrected chi connectivity index (χ0v) is 12.9. The summed E-state index contributed by atoms with van der Waals surface area (Å²) >= 11 is 0. The van der Waals surface area contributed by atoms with E-state index in [0.717, 1.165) is 30.3 Å². The number of carbonyl (C=O) groups is 1. The van der Waals surface area contributed by atoms with E-state index < -0.39 is 0 Å². The SMILES string of the molecule is CCCCC(=O)NCCNc1cc(N(C)C)nc(C)n1. The number of hydrogen-bond donors (Lipinski definition) is 2. The fourth-order valence-corrected chi connectivity index (χ4v) is 1.69. The Bertz CT molecular complexity index is 434. The van der Waals surface area contributed by atoms with Crippen LogP contribution in [0.3, 0.4) is 0 Å². The van der Waals surface area contributed by atoms with Gasteiger partial charge < -0.3 is 15.5 Å². The van der Waals surface area contributed by atoms with E-state index in [1.165, 1.54) is 0 Å². The Labute approximate surface area is 121 Å². The van der Waals surface area contributed by atoms with Crippen molar-refractivity contribution < 1.29 is 4.79 Å². The van der Waals surface area contributed by atoms with E-state index in [4.69, 9.17) is 0 Å². The molecule has 0 bridgehead atoms. The van der Waals surface area contributed by atoms with Crippen LogP contribution in [0.2, 0.25) is 0 Å². The number of hydrogen-bond acceptors (Lipinski definition) is 5. The van der Waals surface area contributed by atoms with Crippen LogP contribution in [0, 0.1) is 6.92 Å². The molecule has 0 fully saturated rings. The Balaban J connectivity index is 2.37. The average molecular weight is 279 g/mol. The topological polar surface area (TPSA) is 70.2 Å². The summed E-state index contributed by atoms with van der Waals surface area (Å²) in [5.74, 6) is 2.49. The van der Waals surface area contributed by atoms with Gasteiger partial charge in [-0.15, -0.1) is 0 Å². The minimum atomic E-state index is 0.112. The highest BCUT2D eigenvalue weighted by atomic mass is 16.1. The first-order valence-electron chi connectivity index (χ1n) is 7.06. The van der Waals surface area contributed by atoms with Gasteiger partial charge in [-0.1, -0.05) is 13.3 Å². The second-order valence-electron chi connectivity index (χ2n) is 4.93. The molecule has 0 unspecified atom stereocenters. The third kappa shape index (κ3) is 5.86. The smallest absolute Gasteiger partial charge is 0.220 e. The second kappa shape index (κ2) is 8.35. The van der Waals surface area contributed by atoms with Gasteiger partial charge in [-0.05, 0) is 13.3 Å². The van der Waals surface area contributed by atoms with Crippen LogP contribution in [-0.2, 0) is 4.79 Å². The van der Waals surface area contributed by atoms with Gasteiger partial charge in [0, 0.05) is 39.7 Å². The van der Waals surface area contributed by atoms with Crippen molar-refractivity contribution in [2.24, 2.45) is 0 Å². The number of aromatic nitrogens is 2. The maximum atomic E-state index is 11.4.